The van der Waals surface area contributed by atoms with Crippen molar-refractivity contribution in [1.29, 1.82) is 0 Å². The van der Waals surface area contributed by atoms with E-state index in [0.29, 0.717) is 0 Å². The van der Waals surface area contributed by atoms with Gasteiger partial charge in [-0.1, -0.05) is 13.8 Å². The molecule has 0 spiro atoms. The average Bonchev–Trinajstić information content (AvgIpc) is 2.95. The fraction of sp³-hybridized carbons (Fsp3) is 0.333. The van der Waals surface area contributed by atoms with E-state index >= 15 is 0 Å². The number of aromatic nitrogens is 2. The number of anilines is 1. The molecule has 0 radical (unpaired) electrons. The van der Waals surface area contributed by atoms with E-state index < -0.39 is 0 Å². The molecule has 0 aliphatic heterocycles. The molecule has 4 nitrogen and oxygen atoms in total. The predicted molar refractivity (Wildman–Crippen MR) is 76.3 cm³/mol. The number of nitrogens with zero attached hydrogens (tertiary/aromatic N) is 2. The number of nitrogens with one attached hydrogen (secondary N) is 1. The average molecular weight is 257 g/mol. The molecule has 2 rings (SSSR count). The highest BCUT2D eigenvalue weighted by molar-refractivity contribution is 5.92. The van der Waals surface area contributed by atoms with E-state index in [0.717, 1.165) is 24.2 Å². The van der Waals surface area contributed by atoms with Crippen molar-refractivity contribution < 1.29 is 4.79 Å². The number of benzene rings is 1. The van der Waals surface area contributed by atoms with Gasteiger partial charge in [0, 0.05) is 24.0 Å². The highest BCUT2D eigenvalue weighted by atomic mass is 16.1. The summed E-state index contributed by atoms with van der Waals surface area (Å²) >= 11 is 0. The van der Waals surface area contributed by atoms with E-state index in [1.54, 1.807) is 10.9 Å². The van der Waals surface area contributed by atoms with E-state index in [1.807, 2.05) is 50.4 Å². The van der Waals surface area contributed by atoms with E-state index in [2.05, 4.69) is 10.4 Å². The molecule has 0 saturated heterocycles. The molecule has 4 heteroatoms. The molecule has 1 aromatic carbocycles. The third-order valence-electron chi connectivity index (χ3n) is 3.26. The van der Waals surface area contributed by atoms with Crippen LogP contribution in [0.25, 0.3) is 5.69 Å². The molecule has 0 unspecified atom stereocenters. The molecule has 1 aromatic heterocycles. The zero-order valence-corrected chi connectivity index (χ0v) is 11.3. The minimum atomic E-state index is 0.0887. The lowest BCUT2D eigenvalue weighted by atomic mass is 10.0. The van der Waals surface area contributed by atoms with Gasteiger partial charge in [0.25, 0.3) is 0 Å². The maximum Gasteiger partial charge on any atom is 0.227 e. The molecule has 19 heavy (non-hydrogen) atoms. The summed E-state index contributed by atoms with van der Waals surface area (Å²) in [5, 5.41) is 7.11. The first-order chi connectivity index (χ1) is 9.24. The Labute approximate surface area is 113 Å². The Balaban J connectivity index is 2.05. The Hall–Kier alpha value is -2.10. The van der Waals surface area contributed by atoms with Crippen LogP contribution < -0.4 is 5.32 Å². The van der Waals surface area contributed by atoms with Gasteiger partial charge in [0.15, 0.2) is 0 Å². The molecular weight excluding hydrogens is 238 g/mol. The zero-order valence-electron chi connectivity index (χ0n) is 11.3. The summed E-state index contributed by atoms with van der Waals surface area (Å²) in [7, 11) is 0. The van der Waals surface area contributed by atoms with Gasteiger partial charge < -0.3 is 5.32 Å². The van der Waals surface area contributed by atoms with Crippen LogP contribution >= 0.6 is 0 Å². The summed E-state index contributed by atoms with van der Waals surface area (Å²) in [5.74, 6) is 0.183. The van der Waals surface area contributed by atoms with Gasteiger partial charge in [0.05, 0.1) is 5.69 Å². The van der Waals surface area contributed by atoms with Crippen LogP contribution in [0.2, 0.25) is 0 Å². The summed E-state index contributed by atoms with van der Waals surface area (Å²) in [4.78, 5) is 12.0. The molecule has 0 bridgehead atoms. The molecule has 1 N–H and O–H groups in total. The third-order valence-corrected chi connectivity index (χ3v) is 3.26. The van der Waals surface area contributed by atoms with Gasteiger partial charge in [-0.2, -0.15) is 5.10 Å². The third kappa shape index (κ3) is 3.22. The molecular formula is C15H19N3O. The lowest BCUT2D eigenvalue weighted by Gasteiger charge is -2.13. The minimum Gasteiger partial charge on any atom is -0.326 e. The van der Waals surface area contributed by atoms with Crippen molar-refractivity contribution in [2.75, 3.05) is 5.32 Å². The van der Waals surface area contributed by atoms with Crippen molar-refractivity contribution in [3.63, 3.8) is 0 Å². The van der Waals surface area contributed by atoms with Crippen LogP contribution in [-0.2, 0) is 4.79 Å². The number of amides is 1. The van der Waals surface area contributed by atoms with Crippen LogP contribution in [0.1, 0.15) is 26.7 Å². The number of carbonyl (C=O) groups excluding carboxylic acids is 1. The SMILES string of the molecule is CCC(CC)C(=O)Nc1ccc(-n2cccn2)cc1. The molecule has 0 aliphatic rings. The van der Waals surface area contributed by atoms with Crippen molar-refractivity contribution in [3.05, 3.63) is 42.7 Å². The summed E-state index contributed by atoms with van der Waals surface area (Å²) in [6.45, 7) is 4.07. The fourth-order valence-corrected chi connectivity index (χ4v) is 2.02. The summed E-state index contributed by atoms with van der Waals surface area (Å²) < 4.78 is 1.78. The maximum absolute atomic E-state index is 12.0. The lowest BCUT2D eigenvalue weighted by molar-refractivity contribution is -0.120. The molecule has 0 atom stereocenters. The van der Waals surface area contributed by atoms with Crippen LogP contribution in [-0.4, -0.2) is 15.7 Å². The molecule has 1 heterocycles. The van der Waals surface area contributed by atoms with Crippen LogP contribution in [0.4, 0.5) is 5.69 Å². The van der Waals surface area contributed by atoms with Crippen molar-refractivity contribution in [2.24, 2.45) is 5.92 Å². The van der Waals surface area contributed by atoms with E-state index in [4.69, 9.17) is 0 Å². The van der Waals surface area contributed by atoms with E-state index in [-0.39, 0.29) is 11.8 Å². The Morgan fingerprint density at radius 2 is 1.95 bits per heavy atom. The Morgan fingerprint density at radius 3 is 2.47 bits per heavy atom. The van der Waals surface area contributed by atoms with Gasteiger partial charge in [-0.15, -0.1) is 0 Å². The van der Waals surface area contributed by atoms with Crippen molar-refractivity contribution in [3.8, 4) is 5.69 Å². The highest BCUT2D eigenvalue weighted by Gasteiger charge is 2.13. The van der Waals surface area contributed by atoms with Crippen molar-refractivity contribution >= 4 is 11.6 Å². The molecule has 1 amide bonds. The van der Waals surface area contributed by atoms with E-state index in [9.17, 15) is 4.79 Å². The second-order valence-corrected chi connectivity index (χ2v) is 4.50. The highest BCUT2D eigenvalue weighted by Crippen LogP contribution is 2.15. The first-order valence-electron chi connectivity index (χ1n) is 6.65. The smallest absolute Gasteiger partial charge is 0.227 e. The Morgan fingerprint density at radius 1 is 1.26 bits per heavy atom. The van der Waals surface area contributed by atoms with Gasteiger partial charge in [-0.25, -0.2) is 4.68 Å². The topological polar surface area (TPSA) is 46.9 Å². The largest absolute Gasteiger partial charge is 0.326 e. The quantitative estimate of drug-likeness (QED) is 0.893. The van der Waals surface area contributed by atoms with Gasteiger partial charge in [-0.05, 0) is 43.2 Å². The molecule has 2 aromatic rings. The number of hydrogen-bond donors (Lipinski definition) is 1. The van der Waals surface area contributed by atoms with Crippen LogP contribution in [0.5, 0.6) is 0 Å². The number of rotatable bonds is 5. The predicted octanol–water partition coefficient (Wildman–Crippen LogP) is 3.25. The van der Waals surface area contributed by atoms with Crippen molar-refractivity contribution in [2.45, 2.75) is 26.7 Å². The summed E-state index contributed by atoms with van der Waals surface area (Å²) in [6, 6.07) is 9.56. The standard InChI is InChI=1S/C15H19N3O/c1-3-12(4-2)15(19)17-13-6-8-14(9-7-13)18-11-5-10-16-18/h5-12H,3-4H2,1-2H3,(H,17,19). The zero-order chi connectivity index (χ0) is 13.7. The van der Waals surface area contributed by atoms with Gasteiger partial charge >= 0.3 is 0 Å². The summed E-state index contributed by atoms with van der Waals surface area (Å²) in [6.07, 6.45) is 5.36. The first kappa shape index (κ1) is 13.3. The van der Waals surface area contributed by atoms with Crippen LogP contribution in [0.3, 0.4) is 0 Å². The first-order valence-corrected chi connectivity index (χ1v) is 6.65. The second kappa shape index (κ2) is 6.18. The maximum atomic E-state index is 12.0. The molecule has 0 saturated carbocycles. The normalized spacial score (nSPS) is 10.7. The molecule has 0 aliphatic carbocycles. The van der Waals surface area contributed by atoms with Gasteiger partial charge in [0.1, 0.15) is 0 Å². The molecule has 100 valence electrons. The monoisotopic (exact) mass is 257 g/mol. The lowest BCUT2D eigenvalue weighted by Crippen LogP contribution is -2.21. The van der Waals surface area contributed by atoms with Crippen molar-refractivity contribution in [1.82, 2.24) is 9.78 Å². The summed E-state index contributed by atoms with van der Waals surface area (Å²) in [5.41, 5.74) is 1.80. The fourth-order valence-electron chi connectivity index (χ4n) is 2.02. The van der Waals surface area contributed by atoms with E-state index in [1.165, 1.54) is 0 Å². The second-order valence-electron chi connectivity index (χ2n) is 4.50. The van der Waals surface area contributed by atoms with Crippen LogP contribution in [0.15, 0.2) is 42.7 Å². The Kier molecular flexibility index (Phi) is 4.34. The van der Waals surface area contributed by atoms with Gasteiger partial charge in [0.2, 0.25) is 5.91 Å². The van der Waals surface area contributed by atoms with Gasteiger partial charge in [-0.3, -0.25) is 4.79 Å². The van der Waals surface area contributed by atoms with Crippen LogP contribution in [0, 0.1) is 5.92 Å². The Bertz CT molecular complexity index is 513. The number of hydrogen-bond acceptors (Lipinski definition) is 2. The minimum absolute atomic E-state index is 0.0887. The molecule has 0 fully saturated rings. The number of carbonyl (C=O) groups is 1.